The lowest BCUT2D eigenvalue weighted by atomic mass is 10.2. The molecule has 2 aromatic heterocycles. The number of nitrogens with zero attached hydrogens (tertiary/aromatic N) is 4. The molecule has 25 heavy (non-hydrogen) atoms. The standard InChI is InChI=1S/C17H12F3N5/c18-17(19,20)13-5-6-16(22-10-13)24-23-9-12-11-25(8-7-21)15-4-2-1-3-14(12)15/h1-6,9-11H,8H2,(H,22,24)/b23-9-. The number of benzene rings is 1. The smallest absolute Gasteiger partial charge is 0.333 e. The van der Waals surface area contributed by atoms with Crippen LogP contribution < -0.4 is 5.43 Å². The molecule has 3 aromatic rings. The molecule has 0 amide bonds. The van der Waals surface area contributed by atoms with Crippen LogP contribution in [-0.4, -0.2) is 15.8 Å². The molecule has 0 radical (unpaired) electrons. The molecule has 126 valence electrons. The van der Waals surface area contributed by atoms with Gasteiger partial charge in [-0.1, -0.05) is 18.2 Å². The average Bonchev–Trinajstić information content (AvgIpc) is 2.93. The van der Waals surface area contributed by atoms with Gasteiger partial charge >= 0.3 is 6.18 Å². The van der Waals surface area contributed by atoms with Crippen LogP contribution in [0.1, 0.15) is 11.1 Å². The summed E-state index contributed by atoms with van der Waals surface area (Å²) in [6, 6.07) is 11.8. The van der Waals surface area contributed by atoms with Crippen LogP contribution >= 0.6 is 0 Å². The third-order valence-corrected chi connectivity index (χ3v) is 3.53. The van der Waals surface area contributed by atoms with Crippen molar-refractivity contribution in [3.05, 3.63) is 59.9 Å². The molecule has 5 nitrogen and oxygen atoms in total. The maximum atomic E-state index is 12.5. The van der Waals surface area contributed by atoms with Crippen LogP contribution in [0.3, 0.4) is 0 Å². The molecule has 0 bridgehead atoms. The Kier molecular flexibility index (Phi) is 4.39. The summed E-state index contributed by atoms with van der Waals surface area (Å²) >= 11 is 0. The highest BCUT2D eigenvalue weighted by atomic mass is 19.4. The Balaban J connectivity index is 1.79. The van der Waals surface area contributed by atoms with Crippen molar-refractivity contribution in [3.63, 3.8) is 0 Å². The van der Waals surface area contributed by atoms with Crippen molar-refractivity contribution < 1.29 is 13.2 Å². The Morgan fingerprint density at radius 2 is 2.04 bits per heavy atom. The zero-order chi connectivity index (χ0) is 17.9. The predicted molar refractivity (Wildman–Crippen MR) is 88.0 cm³/mol. The maximum absolute atomic E-state index is 12.5. The van der Waals surface area contributed by atoms with E-state index in [1.54, 1.807) is 10.8 Å². The number of hydrazone groups is 1. The van der Waals surface area contributed by atoms with E-state index in [9.17, 15) is 13.2 Å². The zero-order valence-corrected chi connectivity index (χ0v) is 12.8. The zero-order valence-electron chi connectivity index (χ0n) is 12.8. The first-order valence-electron chi connectivity index (χ1n) is 7.26. The minimum Gasteiger partial charge on any atom is -0.333 e. The fraction of sp³-hybridized carbons (Fsp3) is 0.118. The van der Waals surface area contributed by atoms with Crippen molar-refractivity contribution in [2.45, 2.75) is 12.7 Å². The molecule has 0 saturated heterocycles. The first kappa shape index (κ1) is 16.5. The third-order valence-electron chi connectivity index (χ3n) is 3.53. The van der Waals surface area contributed by atoms with E-state index in [-0.39, 0.29) is 12.4 Å². The van der Waals surface area contributed by atoms with Gasteiger partial charge in [0.2, 0.25) is 0 Å². The first-order valence-corrected chi connectivity index (χ1v) is 7.26. The third kappa shape index (κ3) is 3.61. The van der Waals surface area contributed by atoms with E-state index in [4.69, 9.17) is 5.26 Å². The van der Waals surface area contributed by atoms with E-state index in [1.807, 2.05) is 24.3 Å². The van der Waals surface area contributed by atoms with Crippen molar-refractivity contribution in [2.24, 2.45) is 5.10 Å². The van der Waals surface area contributed by atoms with Crippen LogP contribution in [0, 0.1) is 11.3 Å². The van der Waals surface area contributed by atoms with Crippen LogP contribution in [0.5, 0.6) is 0 Å². The second-order valence-electron chi connectivity index (χ2n) is 5.19. The molecule has 0 unspecified atom stereocenters. The number of nitrogens with one attached hydrogen (secondary N) is 1. The van der Waals surface area contributed by atoms with Crippen LogP contribution in [-0.2, 0) is 12.7 Å². The number of halogens is 3. The Morgan fingerprint density at radius 1 is 1.24 bits per heavy atom. The van der Waals surface area contributed by atoms with E-state index in [2.05, 4.69) is 21.6 Å². The van der Waals surface area contributed by atoms with E-state index >= 15 is 0 Å². The monoisotopic (exact) mass is 343 g/mol. The summed E-state index contributed by atoms with van der Waals surface area (Å²) in [5.74, 6) is 0.199. The Morgan fingerprint density at radius 3 is 2.72 bits per heavy atom. The molecule has 0 fully saturated rings. The van der Waals surface area contributed by atoms with Gasteiger partial charge in [-0.2, -0.15) is 23.5 Å². The van der Waals surface area contributed by atoms with E-state index < -0.39 is 11.7 Å². The number of nitriles is 1. The van der Waals surface area contributed by atoms with Gasteiger partial charge in [-0.15, -0.1) is 0 Å². The summed E-state index contributed by atoms with van der Waals surface area (Å²) < 4.78 is 39.3. The van der Waals surface area contributed by atoms with Gasteiger partial charge in [-0.05, 0) is 18.2 Å². The molecule has 0 aliphatic carbocycles. The number of pyridine rings is 1. The molecule has 3 rings (SSSR count). The Bertz CT molecular complexity index is 949. The van der Waals surface area contributed by atoms with Crippen molar-refractivity contribution in [3.8, 4) is 6.07 Å². The number of hydrogen-bond acceptors (Lipinski definition) is 4. The predicted octanol–water partition coefficient (Wildman–Crippen LogP) is 4.02. The number of rotatable bonds is 4. The summed E-state index contributed by atoms with van der Waals surface area (Å²) in [5.41, 5.74) is 3.46. The lowest BCUT2D eigenvalue weighted by Gasteiger charge is -2.06. The number of alkyl halides is 3. The van der Waals surface area contributed by atoms with Gasteiger partial charge in [0.05, 0.1) is 17.8 Å². The summed E-state index contributed by atoms with van der Waals surface area (Å²) in [7, 11) is 0. The number of para-hydroxylation sites is 1. The van der Waals surface area contributed by atoms with Gasteiger partial charge in [-0.25, -0.2) is 4.98 Å². The minimum atomic E-state index is -4.42. The molecule has 8 heteroatoms. The number of aromatic nitrogens is 2. The van der Waals surface area contributed by atoms with Crippen LogP contribution in [0.25, 0.3) is 10.9 Å². The van der Waals surface area contributed by atoms with Gasteiger partial charge in [0, 0.05) is 28.9 Å². The molecule has 0 atom stereocenters. The second-order valence-corrected chi connectivity index (χ2v) is 5.19. The van der Waals surface area contributed by atoms with Crippen LogP contribution in [0.15, 0.2) is 53.9 Å². The van der Waals surface area contributed by atoms with Gasteiger partial charge in [0.25, 0.3) is 0 Å². The molecular weight excluding hydrogens is 331 g/mol. The summed E-state index contributed by atoms with van der Waals surface area (Å²) in [4.78, 5) is 3.68. The van der Waals surface area contributed by atoms with Crippen molar-refractivity contribution >= 4 is 22.9 Å². The molecule has 2 heterocycles. The normalized spacial score (nSPS) is 11.8. The second kappa shape index (κ2) is 6.65. The van der Waals surface area contributed by atoms with Gasteiger partial charge in [0.1, 0.15) is 12.4 Å². The summed E-state index contributed by atoms with van der Waals surface area (Å²) in [6.07, 6.45) is -0.344. The van der Waals surface area contributed by atoms with Gasteiger partial charge in [-0.3, -0.25) is 5.43 Å². The molecule has 1 N–H and O–H groups in total. The van der Waals surface area contributed by atoms with E-state index in [0.29, 0.717) is 0 Å². The molecule has 0 spiro atoms. The van der Waals surface area contributed by atoms with Crippen LogP contribution in [0.2, 0.25) is 0 Å². The van der Waals surface area contributed by atoms with E-state index in [1.165, 1.54) is 12.3 Å². The highest BCUT2D eigenvalue weighted by Gasteiger charge is 2.30. The fourth-order valence-electron chi connectivity index (χ4n) is 2.38. The molecule has 0 aliphatic heterocycles. The summed E-state index contributed by atoms with van der Waals surface area (Å²) in [6.45, 7) is 0.211. The molecule has 0 saturated carbocycles. The molecular formula is C17H12F3N5. The quantitative estimate of drug-likeness (QED) is 0.575. The van der Waals surface area contributed by atoms with Crippen LogP contribution in [0.4, 0.5) is 19.0 Å². The van der Waals surface area contributed by atoms with Gasteiger partial charge < -0.3 is 4.57 Å². The largest absolute Gasteiger partial charge is 0.417 e. The summed E-state index contributed by atoms with van der Waals surface area (Å²) in [5, 5.41) is 13.8. The van der Waals surface area contributed by atoms with E-state index in [0.717, 1.165) is 28.7 Å². The number of anilines is 1. The average molecular weight is 343 g/mol. The highest BCUT2D eigenvalue weighted by Crippen LogP contribution is 2.28. The lowest BCUT2D eigenvalue weighted by Crippen LogP contribution is -2.05. The van der Waals surface area contributed by atoms with Crippen molar-refractivity contribution in [1.82, 2.24) is 9.55 Å². The topological polar surface area (TPSA) is 66.0 Å². The van der Waals surface area contributed by atoms with Gasteiger partial charge in [0.15, 0.2) is 0 Å². The van der Waals surface area contributed by atoms with Crippen molar-refractivity contribution in [2.75, 3.05) is 5.43 Å². The Hall–Kier alpha value is -3.34. The Labute approximate surface area is 141 Å². The first-order chi connectivity index (χ1) is 12.0. The lowest BCUT2D eigenvalue weighted by molar-refractivity contribution is -0.137. The number of fused-ring (bicyclic) bond motifs is 1. The highest BCUT2D eigenvalue weighted by molar-refractivity contribution is 5.99. The molecule has 1 aromatic carbocycles. The molecule has 0 aliphatic rings. The fourth-order valence-corrected chi connectivity index (χ4v) is 2.38. The number of hydrogen-bond donors (Lipinski definition) is 1. The minimum absolute atomic E-state index is 0.199. The SMILES string of the molecule is N#CCn1cc(/C=N\Nc2ccc(C(F)(F)F)cn2)c2ccccc21. The van der Waals surface area contributed by atoms with Crippen molar-refractivity contribution in [1.29, 1.82) is 5.26 Å². The maximum Gasteiger partial charge on any atom is 0.417 e.